The highest BCUT2D eigenvalue weighted by atomic mass is 16.5. The summed E-state index contributed by atoms with van der Waals surface area (Å²) in [6.07, 6.45) is 9.00. The van der Waals surface area contributed by atoms with Crippen LogP contribution in [0.25, 0.3) is 0 Å². The molecule has 0 aromatic carbocycles. The monoisotopic (exact) mass is 379 g/mol. The molecule has 1 atom stereocenters. The molecular weight excluding hydrogens is 346 g/mol. The number of amides is 3. The molecule has 3 amide bonds. The fraction of sp³-hybridized carbons (Fsp3) is 0.900. The summed E-state index contributed by atoms with van der Waals surface area (Å²) < 4.78 is 11.1. The van der Waals surface area contributed by atoms with Gasteiger partial charge in [0.05, 0.1) is 5.54 Å². The third-order valence-electron chi connectivity index (χ3n) is 7.07. The number of carbonyl (C=O) groups is 2. The van der Waals surface area contributed by atoms with E-state index in [0.29, 0.717) is 19.3 Å². The lowest BCUT2D eigenvalue weighted by molar-refractivity contribution is -0.213. The lowest BCUT2D eigenvalue weighted by atomic mass is 9.72. The van der Waals surface area contributed by atoms with Crippen molar-refractivity contribution in [3.8, 4) is 0 Å². The number of carbonyl (C=O) groups excluding carboxylic acids is 2. The minimum Gasteiger partial charge on any atom is -0.381 e. The molecule has 3 aliphatic heterocycles. The van der Waals surface area contributed by atoms with Gasteiger partial charge in [0.2, 0.25) is 0 Å². The van der Waals surface area contributed by atoms with Crippen molar-refractivity contribution in [1.82, 2.24) is 15.1 Å². The average Bonchev–Trinajstić information content (AvgIpc) is 2.70. The predicted octanol–water partition coefficient (Wildman–Crippen LogP) is 1.90. The van der Waals surface area contributed by atoms with Crippen LogP contribution in [-0.2, 0) is 14.3 Å². The van der Waals surface area contributed by atoms with Crippen molar-refractivity contribution < 1.29 is 19.1 Å². The molecule has 1 unspecified atom stereocenters. The van der Waals surface area contributed by atoms with E-state index in [-0.39, 0.29) is 29.6 Å². The molecule has 152 valence electrons. The Morgan fingerprint density at radius 2 is 1.78 bits per heavy atom. The van der Waals surface area contributed by atoms with E-state index in [1.807, 2.05) is 4.90 Å². The molecule has 0 aromatic rings. The van der Waals surface area contributed by atoms with Gasteiger partial charge >= 0.3 is 6.03 Å². The quantitative estimate of drug-likeness (QED) is 0.761. The zero-order valence-electron chi connectivity index (χ0n) is 16.5. The molecule has 0 bridgehead atoms. The lowest BCUT2D eigenvalue weighted by Crippen LogP contribution is -2.79. The Kier molecular flexibility index (Phi) is 5.60. The van der Waals surface area contributed by atoms with Crippen molar-refractivity contribution >= 4 is 11.9 Å². The predicted molar refractivity (Wildman–Crippen MR) is 100 cm³/mol. The van der Waals surface area contributed by atoms with Gasteiger partial charge in [-0.1, -0.05) is 19.3 Å². The molecule has 1 saturated carbocycles. The topological polar surface area (TPSA) is 71.1 Å². The Labute approximate surface area is 161 Å². The smallest absolute Gasteiger partial charge is 0.317 e. The fourth-order valence-corrected chi connectivity index (χ4v) is 5.57. The molecule has 3 saturated heterocycles. The van der Waals surface area contributed by atoms with E-state index < -0.39 is 0 Å². The number of nitrogens with zero attached hydrogens (tertiary/aromatic N) is 2. The van der Waals surface area contributed by atoms with Gasteiger partial charge in [0.15, 0.2) is 6.10 Å². The number of β-lactam (4-membered cyclic amide) rings is 1. The molecule has 1 spiro atoms. The van der Waals surface area contributed by atoms with Crippen molar-refractivity contribution in [3.05, 3.63) is 0 Å². The molecule has 7 heteroatoms. The van der Waals surface area contributed by atoms with E-state index in [2.05, 4.69) is 10.2 Å². The molecule has 0 aromatic heterocycles. The van der Waals surface area contributed by atoms with Gasteiger partial charge in [0.1, 0.15) is 0 Å². The molecule has 4 fully saturated rings. The van der Waals surface area contributed by atoms with Crippen molar-refractivity contribution in [2.45, 2.75) is 81.5 Å². The van der Waals surface area contributed by atoms with Gasteiger partial charge in [-0.2, -0.15) is 0 Å². The first-order valence-electron chi connectivity index (χ1n) is 10.6. The van der Waals surface area contributed by atoms with Crippen LogP contribution in [0.4, 0.5) is 4.79 Å². The van der Waals surface area contributed by atoms with E-state index in [1.54, 1.807) is 7.11 Å². The highest BCUT2D eigenvalue weighted by Gasteiger charge is 2.62. The van der Waals surface area contributed by atoms with E-state index in [0.717, 1.165) is 51.6 Å². The number of hydrogen-bond acceptors (Lipinski definition) is 4. The Balaban J connectivity index is 1.33. The summed E-state index contributed by atoms with van der Waals surface area (Å²) in [5.74, 6) is 0.115. The number of ether oxygens (including phenoxy) is 2. The van der Waals surface area contributed by atoms with Crippen molar-refractivity contribution in [1.29, 1.82) is 0 Å². The highest BCUT2D eigenvalue weighted by Crippen LogP contribution is 2.45. The van der Waals surface area contributed by atoms with Crippen LogP contribution >= 0.6 is 0 Å². The zero-order valence-corrected chi connectivity index (χ0v) is 16.5. The molecule has 4 aliphatic rings. The first-order valence-corrected chi connectivity index (χ1v) is 10.6. The number of piperidine rings is 1. The van der Waals surface area contributed by atoms with Crippen LogP contribution in [0.15, 0.2) is 0 Å². The van der Waals surface area contributed by atoms with Crippen molar-refractivity contribution in [3.63, 3.8) is 0 Å². The largest absolute Gasteiger partial charge is 0.381 e. The molecule has 1 aliphatic carbocycles. The SMILES string of the molecule is COC1C(=O)N(C2CCN(C(=O)NC3CCCCC3)CC2)C12CCOCC2. The molecule has 4 rings (SSSR count). The minimum absolute atomic E-state index is 0.0748. The number of rotatable bonds is 3. The number of methoxy groups -OCH3 is 1. The third-order valence-corrected chi connectivity index (χ3v) is 7.07. The van der Waals surface area contributed by atoms with Gasteiger partial charge in [-0.05, 0) is 38.5 Å². The summed E-state index contributed by atoms with van der Waals surface area (Å²) in [7, 11) is 1.63. The summed E-state index contributed by atoms with van der Waals surface area (Å²) in [5, 5.41) is 3.21. The maximum absolute atomic E-state index is 12.7. The third kappa shape index (κ3) is 3.44. The summed E-state index contributed by atoms with van der Waals surface area (Å²) in [4.78, 5) is 29.3. The van der Waals surface area contributed by atoms with Crippen LogP contribution in [0, 0.1) is 0 Å². The summed E-state index contributed by atoms with van der Waals surface area (Å²) in [5.41, 5.74) is -0.193. The summed E-state index contributed by atoms with van der Waals surface area (Å²) in [6.45, 7) is 2.81. The minimum atomic E-state index is -0.325. The van der Waals surface area contributed by atoms with Gasteiger partial charge in [0.25, 0.3) is 5.91 Å². The highest BCUT2D eigenvalue weighted by molar-refractivity contribution is 5.91. The second-order valence-corrected chi connectivity index (χ2v) is 8.54. The van der Waals surface area contributed by atoms with Gasteiger partial charge in [0, 0.05) is 45.5 Å². The Morgan fingerprint density at radius 1 is 1.11 bits per heavy atom. The number of urea groups is 1. The van der Waals surface area contributed by atoms with Gasteiger partial charge < -0.3 is 24.6 Å². The maximum atomic E-state index is 12.7. The van der Waals surface area contributed by atoms with Crippen molar-refractivity contribution in [2.24, 2.45) is 0 Å². The molecule has 3 heterocycles. The Hall–Kier alpha value is -1.34. The van der Waals surface area contributed by atoms with Gasteiger partial charge in [-0.15, -0.1) is 0 Å². The maximum Gasteiger partial charge on any atom is 0.317 e. The van der Waals surface area contributed by atoms with E-state index in [9.17, 15) is 9.59 Å². The molecule has 1 N–H and O–H groups in total. The Morgan fingerprint density at radius 3 is 2.41 bits per heavy atom. The normalized spacial score (nSPS) is 29.7. The van der Waals surface area contributed by atoms with Gasteiger partial charge in [-0.3, -0.25) is 4.79 Å². The number of likely N-dealkylation sites (tertiary alicyclic amines) is 2. The van der Waals surface area contributed by atoms with E-state index in [4.69, 9.17) is 9.47 Å². The second kappa shape index (κ2) is 7.95. The van der Waals surface area contributed by atoms with Crippen molar-refractivity contribution in [2.75, 3.05) is 33.4 Å². The van der Waals surface area contributed by atoms with Crippen LogP contribution in [0.3, 0.4) is 0 Å². The summed E-state index contributed by atoms with van der Waals surface area (Å²) >= 11 is 0. The van der Waals surface area contributed by atoms with Gasteiger partial charge in [-0.25, -0.2) is 4.79 Å². The van der Waals surface area contributed by atoms with Crippen LogP contribution in [0.2, 0.25) is 0 Å². The van der Waals surface area contributed by atoms with Crippen LogP contribution in [-0.4, -0.2) is 78.9 Å². The molecular formula is C20H33N3O4. The van der Waals surface area contributed by atoms with Crippen LogP contribution in [0.1, 0.15) is 57.8 Å². The first kappa shape index (κ1) is 19.0. The molecule has 27 heavy (non-hydrogen) atoms. The molecule has 0 radical (unpaired) electrons. The second-order valence-electron chi connectivity index (χ2n) is 8.54. The van der Waals surface area contributed by atoms with Crippen LogP contribution < -0.4 is 5.32 Å². The fourth-order valence-electron chi connectivity index (χ4n) is 5.57. The Bertz CT molecular complexity index is 549. The van der Waals surface area contributed by atoms with E-state index in [1.165, 1.54) is 19.3 Å². The molecule has 7 nitrogen and oxygen atoms in total. The average molecular weight is 380 g/mol. The number of hydrogen-bond donors (Lipinski definition) is 1. The van der Waals surface area contributed by atoms with Crippen LogP contribution in [0.5, 0.6) is 0 Å². The first-order chi connectivity index (χ1) is 13.2. The van der Waals surface area contributed by atoms with E-state index >= 15 is 0 Å². The standard InChI is InChI=1S/C20H33N3O4/c1-26-17-18(24)23(20(17)9-13-27-14-10-20)16-7-11-22(12-8-16)19(25)21-15-5-3-2-4-6-15/h15-17H,2-14H2,1H3,(H,21,25). The zero-order chi connectivity index (χ0) is 18.9. The summed E-state index contributed by atoms with van der Waals surface area (Å²) in [6, 6.07) is 0.625. The lowest BCUT2D eigenvalue weighted by Gasteiger charge is -2.61. The number of nitrogens with one attached hydrogen (secondary N) is 1.